The van der Waals surface area contributed by atoms with Crippen LogP contribution >= 0.6 is 0 Å². The molecule has 4 nitrogen and oxygen atoms in total. The molecule has 1 aromatic heterocycles. The van der Waals surface area contributed by atoms with Crippen molar-refractivity contribution in [3.63, 3.8) is 0 Å². The van der Waals surface area contributed by atoms with E-state index in [9.17, 15) is 9.18 Å². The van der Waals surface area contributed by atoms with Crippen LogP contribution in [0.1, 0.15) is 38.8 Å². The molecule has 0 bridgehead atoms. The Morgan fingerprint density at radius 1 is 1.17 bits per heavy atom. The highest BCUT2D eigenvalue weighted by molar-refractivity contribution is 6.54. The summed E-state index contributed by atoms with van der Waals surface area (Å²) in [6.07, 6.45) is 1.18. The van der Waals surface area contributed by atoms with Gasteiger partial charge in [0.2, 0.25) is 0 Å². The number of nitrogens with one attached hydrogen (secondary N) is 1. The third kappa shape index (κ3) is 2.92. The number of hydrogen-bond donors (Lipinski definition) is 1. The topological polar surface area (TPSA) is 51.3 Å². The van der Waals surface area contributed by atoms with Crippen LogP contribution in [0.4, 0.5) is 4.39 Å². The van der Waals surface area contributed by atoms with Gasteiger partial charge in [0.25, 0.3) is 5.56 Å². The van der Waals surface area contributed by atoms with E-state index in [4.69, 9.17) is 9.31 Å². The molecule has 0 spiro atoms. The van der Waals surface area contributed by atoms with E-state index in [0.29, 0.717) is 0 Å². The molecule has 0 amide bonds. The van der Waals surface area contributed by atoms with E-state index in [1.807, 2.05) is 52.8 Å². The number of benzene rings is 1. The van der Waals surface area contributed by atoms with Gasteiger partial charge >= 0.3 is 7.12 Å². The Balaban J connectivity index is 1.98. The number of halogens is 1. The summed E-state index contributed by atoms with van der Waals surface area (Å²) in [5, 5.41) is 0.850. The van der Waals surface area contributed by atoms with Crippen LogP contribution in [-0.2, 0) is 9.31 Å². The summed E-state index contributed by atoms with van der Waals surface area (Å²) < 4.78 is 25.9. The Kier molecular flexibility index (Phi) is 3.93. The molecular weight excluding hydrogens is 308 g/mol. The van der Waals surface area contributed by atoms with E-state index < -0.39 is 24.0 Å². The normalized spacial score (nSPS) is 19.9. The minimum atomic E-state index is -1.11. The molecule has 24 heavy (non-hydrogen) atoms. The number of hydrogen-bond acceptors (Lipinski definition) is 3. The maximum Gasteiger partial charge on any atom is 0.525 e. The molecule has 1 aliphatic rings. The van der Waals surface area contributed by atoms with E-state index in [2.05, 4.69) is 4.98 Å². The molecule has 0 saturated carbocycles. The monoisotopic (exact) mass is 329 g/mol. The summed E-state index contributed by atoms with van der Waals surface area (Å²) >= 11 is 0. The van der Waals surface area contributed by atoms with Gasteiger partial charge in [-0.25, -0.2) is 4.39 Å². The molecule has 6 heteroatoms. The first-order valence-corrected chi connectivity index (χ1v) is 7.95. The van der Waals surface area contributed by atoms with E-state index in [0.717, 1.165) is 16.5 Å². The van der Waals surface area contributed by atoms with Crippen molar-refractivity contribution in [2.75, 3.05) is 0 Å². The zero-order valence-corrected chi connectivity index (χ0v) is 14.6. The Hall–Kier alpha value is -1.92. The van der Waals surface area contributed by atoms with Crippen LogP contribution in [0.2, 0.25) is 0 Å². The largest absolute Gasteiger partial charge is 0.525 e. The van der Waals surface area contributed by atoms with Gasteiger partial charge in [0.05, 0.1) is 11.2 Å². The zero-order chi connectivity index (χ0) is 17.7. The van der Waals surface area contributed by atoms with Crippen molar-refractivity contribution in [1.29, 1.82) is 0 Å². The van der Waals surface area contributed by atoms with Gasteiger partial charge in [-0.15, -0.1) is 0 Å². The number of rotatable bonds is 2. The fourth-order valence-corrected chi connectivity index (χ4v) is 2.62. The first-order chi connectivity index (χ1) is 11.1. The highest BCUT2D eigenvalue weighted by Crippen LogP contribution is 2.39. The number of aromatic nitrogens is 1. The van der Waals surface area contributed by atoms with E-state index >= 15 is 0 Å². The first kappa shape index (κ1) is 16.9. The number of aryl methyl sites for hydroxylation is 1. The van der Waals surface area contributed by atoms with Crippen molar-refractivity contribution < 1.29 is 13.7 Å². The molecule has 0 radical (unpaired) electrons. The van der Waals surface area contributed by atoms with Crippen LogP contribution in [0.3, 0.4) is 0 Å². The van der Waals surface area contributed by atoms with Gasteiger partial charge in [0.1, 0.15) is 5.73 Å². The molecule has 2 aromatic rings. The third-order valence-electron chi connectivity index (χ3n) is 4.80. The molecule has 3 rings (SSSR count). The summed E-state index contributed by atoms with van der Waals surface area (Å²) in [4.78, 5) is 14.9. The number of H-pyrrole nitrogens is 1. The third-order valence-corrected chi connectivity index (χ3v) is 4.80. The highest BCUT2D eigenvalue weighted by atomic mass is 19.1. The molecular formula is C18H21BFNO3. The second-order valence-corrected chi connectivity index (χ2v) is 7.26. The van der Waals surface area contributed by atoms with Gasteiger partial charge in [-0.3, -0.25) is 4.79 Å². The van der Waals surface area contributed by atoms with Crippen molar-refractivity contribution in [3.8, 4) is 0 Å². The van der Waals surface area contributed by atoms with Crippen LogP contribution < -0.4 is 5.56 Å². The molecule has 0 aliphatic carbocycles. The van der Waals surface area contributed by atoms with Crippen LogP contribution in [0, 0.1) is 6.92 Å². The average Bonchev–Trinajstić information content (AvgIpc) is 2.69. The molecule has 0 atom stereocenters. The van der Waals surface area contributed by atoms with E-state index in [-0.39, 0.29) is 11.1 Å². The van der Waals surface area contributed by atoms with E-state index in [1.54, 1.807) is 6.07 Å². The maximum atomic E-state index is 14.6. The lowest BCUT2D eigenvalue weighted by atomic mass is 9.87. The maximum absolute atomic E-state index is 14.6. The Morgan fingerprint density at radius 2 is 1.79 bits per heavy atom. The van der Waals surface area contributed by atoms with Gasteiger partial charge < -0.3 is 14.3 Å². The lowest BCUT2D eigenvalue weighted by Gasteiger charge is -2.32. The molecule has 1 aliphatic heterocycles. The van der Waals surface area contributed by atoms with Crippen LogP contribution in [0.15, 0.2) is 34.8 Å². The second kappa shape index (κ2) is 5.57. The second-order valence-electron chi connectivity index (χ2n) is 7.26. The number of pyridine rings is 1. The zero-order valence-electron chi connectivity index (χ0n) is 14.6. The number of aromatic amines is 1. The summed E-state index contributed by atoms with van der Waals surface area (Å²) in [7, 11) is -1.11. The number of fused-ring (bicyclic) bond motifs is 1. The molecule has 1 N–H and O–H groups in total. The molecule has 126 valence electrons. The molecule has 1 saturated heterocycles. The highest BCUT2D eigenvalue weighted by Gasteiger charge is 2.53. The van der Waals surface area contributed by atoms with Crippen molar-refractivity contribution in [2.45, 2.75) is 45.8 Å². The summed E-state index contributed by atoms with van der Waals surface area (Å²) in [5.41, 5.74) is -0.204. The molecule has 1 fully saturated rings. The van der Waals surface area contributed by atoms with E-state index in [1.165, 1.54) is 6.08 Å². The van der Waals surface area contributed by atoms with Gasteiger partial charge in [-0.2, -0.15) is 0 Å². The van der Waals surface area contributed by atoms with Crippen molar-refractivity contribution in [3.05, 3.63) is 51.5 Å². The van der Waals surface area contributed by atoms with Gasteiger partial charge in [-0.05, 0) is 64.3 Å². The lowest BCUT2D eigenvalue weighted by molar-refractivity contribution is 0.00578. The Bertz CT molecular complexity index is 869. The Morgan fingerprint density at radius 3 is 2.42 bits per heavy atom. The van der Waals surface area contributed by atoms with Crippen molar-refractivity contribution >= 4 is 24.1 Å². The minimum Gasteiger partial charge on any atom is -0.398 e. The van der Waals surface area contributed by atoms with Gasteiger partial charge in [0.15, 0.2) is 0 Å². The molecule has 2 heterocycles. The predicted octanol–water partition coefficient (Wildman–Crippen LogP) is 3.78. The summed E-state index contributed by atoms with van der Waals surface area (Å²) in [6, 6.07) is 7.37. The fraction of sp³-hybridized carbons (Fsp3) is 0.389. The van der Waals surface area contributed by atoms with Crippen LogP contribution in [0.25, 0.3) is 17.0 Å². The quantitative estimate of drug-likeness (QED) is 0.853. The Labute approximate surface area is 140 Å². The van der Waals surface area contributed by atoms with Crippen molar-refractivity contribution in [1.82, 2.24) is 4.98 Å². The fourth-order valence-electron chi connectivity index (χ4n) is 2.62. The predicted molar refractivity (Wildman–Crippen MR) is 94.5 cm³/mol. The van der Waals surface area contributed by atoms with Gasteiger partial charge in [-0.1, -0.05) is 11.6 Å². The average molecular weight is 329 g/mol. The summed E-state index contributed by atoms with van der Waals surface area (Å²) in [6.45, 7) is 9.38. The van der Waals surface area contributed by atoms with Crippen LogP contribution in [-0.4, -0.2) is 23.3 Å². The van der Waals surface area contributed by atoms with Crippen molar-refractivity contribution in [2.24, 2.45) is 0 Å². The smallest absolute Gasteiger partial charge is 0.398 e. The summed E-state index contributed by atoms with van der Waals surface area (Å²) in [5.74, 6) is 0. The van der Waals surface area contributed by atoms with Gasteiger partial charge in [0, 0.05) is 11.1 Å². The standard InChI is InChI=1S/C18H21BFNO3/c1-11-6-7-14-12(8-11)9-13(16(22)21-14)10-15(20)19-23-17(2,3)18(4,5)24-19/h6-10H,1-5H3,(H,21,22). The lowest BCUT2D eigenvalue weighted by Crippen LogP contribution is -2.41. The van der Waals surface area contributed by atoms with Crippen LogP contribution in [0.5, 0.6) is 0 Å². The first-order valence-electron chi connectivity index (χ1n) is 7.95. The molecule has 1 aromatic carbocycles. The molecule has 0 unspecified atom stereocenters. The minimum absolute atomic E-state index is 0.236. The SMILES string of the molecule is Cc1ccc2[nH]c(=O)c(C=C(F)B3OC(C)(C)C(C)(C)O3)cc2c1.